The third kappa shape index (κ3) is 4.33. The highest BCUT2D eigenvalue weighted by atomic mass is 35.5. The predicted molar refractivity (Wildman–Crippen MR) is 86.9 cm³/mol. The molecule has 1 amide bonds. The van der Waals surface area contributed by atoms with E-state index in [2.05, 4.69) is 10.5 Å². The monoisotopic (exact) mass is 352 g/mol. The maximum Gasteiger partial charge on any atom is 0.344 e. The lowest BCUT2D eigenvalue weighted by Gasteiger charge is -2.07. The van der Waals surface area contributed by atoms with Crippen LogP contribution in [0.1, 0.15) is 16.1 Å². The van der Waals surface area contributed by atoms with Crippen LogP contribution in [-0.4, -0.2) is 43.9 Å². The number of benzene rings is 1. The maximum absolute atomic E-state index is 12.3. The largest absolute Gasteiger partial charge is 0.452 e. The van der Waals surface area contributed by atoms with E-state index in [1.54, 1.807) is 31.2 Å². The van der Waals surface area contributed by atoms with Crippen LogP contribution in [0, 0.1) is 6.92 Å². The molecule has 0 saturated heterocycles. The highest BCUT2D eigenvalue weighted by Gasteiger charge is 2.24. The minimum absolute atomic E-state index is 0.146. The van der Waals surface area contributed by atoms with Gasteiger partial charge in [0.25, 0.3) is 5.91 Å². The average molecular weight is 353 g/mol. The number of hydrogen-bond acceptors (Lipinski definition) is 6. The molecule has 1 aromatic heterocycles. The van der Waals surface area contributed by atoms with E-state index in [9.17, 15) is 9.59 Å². The van der Waals surface area contributed by atoms with Crippen molar-refractivity contribution in [2.24, 2.45) is 0 Å². The summed E-state index contributed by atoms with van der Waals surface area (Å²) in [4.78, 5) is 23.9. The van der Waals surface area contributed by atoms with Gasteiger partial charge in [-0.15, -0.1) is 0 Å². The van der Waals surface area contributed by atoms with E-state index in [1.807, 2.05) is 0 Å². The first kappa shape index (κ1) is 18.0. The van der Waals surface area contributed by atoms with Crippen LogP contribution in [0.25, 0.3) is 11.3 Å². The Kier molecular flexibility index (Phi) is 6.34. The molecule has 0 spiro atoms. The molecule has 0 bridgehead atoms. The van der Waals surface area contributed by atoms with Crippen LogP contribution in [0.4, 0.5) is 0 Å². The second-order valence-corrected chi connectivity index (χ2v) is 5.27. The van der Waals surface area contributed by atoms with Crippen molar-refractivity contribution in [3.8, 4) is 11.3 Å². The number of halogens is 1. The minimum atomic E-state index is -0.703. The lowest BCUT2D eigenvalue weighted by molar-refractivity contribution is -0.124. The van der Waals surface area contributed by atoms with E-state index >= 15 is 0 Å². The number of carbonyl (C=O) groups excluding carboxylic acids is 2. The zero-order valence-corrected chi connectivity index (χ0v) is 14.1. The van der Waals surface area contributed by atoms with Crippen LogP contribution in [0.2, 0.25) is 5.02 Å². The third-order valence-corrected chi connectivity index (χ3v) is 3.49. The number of ether oxygens (including phenoxy) is 2. The molecule has 8 heteroatoms. The summed E-state index contributed by atoms with van der Waals surface area (Å²) in [6, 6.07) is 6.93. The van der Waals surface area contributed by atoms with E-state index in [0.717, 1.165) is 0 Å². The van der Waals surface area contributed by atoms with Crippen LogP contribution in [0.5, 0.6) is 0 Å². The van der Waals surface area contributed by atoms with Gasteiger partial charge in [0.1, 0.15) is 17.0 Å². The summed E-state index contributed by atoms with van der Waals surface area (Å²) in [7, 11) is 1.52. The van der Waals surface area contributed by atoms with Gasteiger partial charge in [-0.2, -0.15) is 0 Å². The van der Waals surface area contributed by atoms with E-state index < -0.39 is 18.5 Å². The summed E-state index contributed by atoms with van der Waals surface area (Å²) in [5.74, 6) is -0.839. The minimum Gasteiger partial charge on any atom is -0.452 e. The van der Waals surface area contributed by atoms with Crippen LogP contribution >= 0.6 is 11.6 Å². The van der Waals surface area contributed by atoms with Gasteiger partial charge in [0.15, 0.2) is 6.61 Å². The number of nitrogens with one attached hydrogen (secondary N) is 1. The van der Waals surface area contributed by atoms with Gasteiger partial charge in [-0.25, -0.2) is 4.79 Å². The topological polar surface area (TPSA) is 90.7 Å². The fraction of sp³-hybridized carbons (Fsp3) is 0.312. The Morgan fingerprint density at radius 1 is 1.33 bits per heavy atom. The molecule has 1 N–H and O–H groups in total. The number of amides is 1. The molecule has 128 valence electrons. The molecule has 0 fully saturated rings. The summed E-state index contributed by atoms with van der Waals surface area (Å²) in [5.41, 5.74) is 0.975. The average Bonchev–Trinajstić information content (AvgIpc) is 2.95. The normalized spacial score (nSPS) is 10.5. The predicted octanol–water partition coefficient (Wildman–Crippen LogP) is 2.22. The molecule has 1 aromatic carbocycles. The third-order valence-electron chi connectivity index (χ3n) is 3.16. The van der Waals surface area contributed by atoms with Crippen molar-refractivity contribution >= 4 is 23.5 Å². The van der Waals surface area contributed by atoms with E-state index in [1.165, 1.54) is 7.11 Å². The Labute approximate surface area is 143 Å². The second-order valence-electron chi connectivity index (χ2n) is 4.86. The lowest BCUT2D eigenvalue weighted by atomic mass is 10.1. The van der Waals surface area contributed by atoms with Crippen molar-refractivity contribution in [3.63, 3.8) is 0 Å². The maximum atomic E-state index is 12.3. The summed E-state index contributed by atoms with van der Waals surface area (Å²) in [6.45, 7) is 1.89. The second kappa shape index (κ2) is 8.47. The number of hydrogen-bond donors (Lipinski definition) is 1. The van der Waals surface area contributed by atoms with Crippen LogP contribution in [0.3, 0.4) is 0 Å². The van der Waals surface area contributed by atoms with Crippen molar-refractivity contribution < 1.29 is 23.6 Å². The highest BCUT2D eigenvalue weighted by Crippen LogP contribution is 2.31. The lowest BCUT2D eigenvalue weighted by Crippen LogP contribution is -2.31. The molecule has 0 unspecified atom stereocenters. The van der Waals surface area contributed by atoms with Crippen molar-refractivity contribution in [2.75, 3.05) is 26.9 Å². The molecule has 0 aliphatic heterocycles. The zero-order chi connectivity index (χ0) is 17.5. The Morgan fingerprint density at radius 3 is 2.79 bits per heavy atom. The first-order valence-electron chi connectivity index (χ1n) is 7.18. The fourth-order valence-electron chi connectivity index (χ4n) is 2.00. The van der Waals surface area contributed by atoms with Crippen molar-refractivity contribution in [2.45, 2.75) is 6.92 Å². The fourth-order valence-corrected chi connectivity index (χ4v) is 2.22. The number of esters is 1. The van der Waals surface area contributed by atoms with Crippen LogP contribution in [0.15, 0.2) is 28.8 Å². The van der Waals surface area contributed by atoms with Gasteiger partial charge in [0.2, 0.25) is 0 Å². The van der Waals surface area contributed by atoms with Crippen molar-refractivity contribution in [3.05, 3.63) is 40.6 Å². The zero-order valence-electron chi connectivity index (χ0n) is 13.3. The smallest absolute Gasteiger partial charge is 0.344 e. The summed E-state index contributed by atoms with van der Waals surface area (Å²) >= 11 is 6.13. The number of aryl methyl sites for hydroxylation is 1. The van der Waals surface area contributed by atoms with Gasteiger partial charge >= 0.3 is 5.97 Å². The first-order valence-corrected chi connectivity index (χ1v) is 7.56. The Bertz CT molecular complexity index is 729. The number of methoxy groups -OCH3 is 1. The first-order chi connectivity index (χ1) is 11.5. The van der Waals surface area contributed by atoms with E-state index in [0.29, 0.717) is 23.7 Å². The van der Waals surface area contributed by atoms with Gasteiger partial charge in [-0.05, 0) is 13.0 Å². The Balaban J connectivity index is 2.09. The molecular formula is C16H17ClN2O5. The Morgan fingerprint density at radius 2 is 2.08 bits per heavy atom. The molecule has 1 heterocycles. The standard InChI is InChI=1S/C16H17ClN2O5/c1-10-14(16(21)23-9-13(20)18-7-8-22-2)15(19-24-10)11-5-3-4-6-12(11)17/h3-6H,7-9H2,1-2H3,(H,18,20). The number of carbonyl (C=O) groups is 2. The van der Waals surface area contributed by atoms with Gasteiger partial charge in [0, 0.05) is 19.2 Å². The van der Waals surface area contributed by atoms with Crippen LogP contribution < -0.4 is 5.32 Å². The molecule has 0 aliphatic rings. The van der Waals surface area contributed by atoms with E-state index in [4.69, 9.17) is 25.6 Å². The van der Waals surface area contributed by atoms with E-state index in [-0.39, 0.29) is 17.0 Å². The molecule has 2 aromatic rings. The summed E-state index contributed by atoms with van der Waals surface area (Å²) in [5, 5.41) is 6.86. The van der Waals surface area contributed by atoms with Gasteiger partial charge in [0.05, 0.1) is 11.6 Å². The molecule has 7 nitrogen and oxygen atoms in total. The van der Waals surface area contributed by atoms with Crippen molar-refractivity contribution in [1.29, 1.82) is 0 Å². The molecule has 0 saturated carbocycles. The Hall–Kier alpha value is -2.38. The molecule has 0 radical (unpaired) electrons. The summed E-state index contributed by atoms with van der Waals surface area (Å²) < 4.78 is 14.9. The molecule has 2 rings (SSSR count). The van der Waals surface area contributed by atoms with Gasteiger partial charge < -0.3 is 19.3 Å². The SMILES string of the molecule is COCCNC(=O)COC(=O)c1c(-c2ccccc2Cl)noc1C. The molecule has 0 atom stereocenters. The van der Waals surface area contributed by atoms with Gasteiger partial charge in [-0.1, -0.05) is 35.0 Å². The van der Waals surface area contributed by atoms with Gasteiger partial charge in [-0.3, -0.25) is 4.79 Å². The highest BCUT2D eigenvalue weighted by molar-refractivity contribution is 6.33. The quantitative estimate of drug-likeness (QED) is 0.607. The number of aromatic nitrogens is 1. The molecular weight excluding hydrogens is 336 g/mol. The molecule has 24 heavy (non-hydrogen) atoms. The van der Waals surface area contributed by atoms with Crippen LogP contribution in [-0.2, 0) is 14.3 Å². The molecule has 0 aliphatic carbocycles. The summed E-state index contributed by atoms with van der Waals surface area (Å²) in [6.07, 6.45) is 0. The van der Waals surface area contributed by atoms with Crippen molar-refractivity contribution in [1.82, 2.24) is 10.5 Å². The number of nitrogens with zero attached hydrogens (tertiary/aromatic N) is 1. The number of rotatable bonds is 7.